The van der Waals surface area contributed by atoms with E-state index < -0.39 is 5.60 Å². The molecule has 7 heteroatoms. The molecule has 0 N–H and O–H groups in total. The van der Waals surface area contributed by atoms with Crippen LogP contribution in [-0.4, -0.2) is 52.7 Å². The number of piperidine rings is 1. The molecule has 2 aromatic rings. The summed E-state index contributed by atoms with van der Waals surface area (Å²) in [7, 11) is 1.94. The van der Waals surface area contributed by atoms with E-state index in [1.165, 1.54) is 0 Å². The quantitative estimate of drug-likeness (QED) is 0.771. The number of likely N-dealkylation sites (N-methyl/N-ethyl adjacent to an activating group) is 1. The summed E-state index contributed by atoms with van der Waals surface area (Å²) < 4.78 is 5.59. The number of hydrogen-bond acceptors (Lipinski definition) is 5. The molecule has 0 bridgehead atoms. The van der Waals surface area contributed by atoms with E-state index >= 15 is 0 Å². The standard InChI is InChI=1S/C20H27ClN4O2/c1-20(2,3)27-19(26)25-12-8-7-9-14(25)13-24(4)18-17(21)22-15-10-5-6-11-16(15)23-18/h5-6,10-11,14H,7-9,12-13H2,1-4H3. The number of amides is 1. The van der Waals surface area contributed by atoms with Crippen LogP contribution < -0.4 is 4.90 Å². The van der Waals surface area contributed by atoms with E-state index in [0.29, 0.717) is 24.1 Å². The number of nitrogens with zero attached hydrogens (tertiary/aromatic N) is 4. The smallest absolute Gasteiger partial charge is 0.410 e. The van der Waals surface area contributed by atoms with Crippen molar-refractivity contribution in [3.05, 3.63) is 29.4 Å². The molecule has 1 aliphatic heterocycles. The van der Waals surface area contributed by atoms with Crippen molar-refractivity contribution >= 4 is 34.5 Å². The minimum atomic E-state index is -0.502. The van der Waals surface area contributed by atoms with Gasteiger partial charge in [-0.1, -0.05) is 23.7 Å². The molecule has 146 valence electrons. The maximum atomic E-state index is 12.6. The van der Waals surface area contributed by atoms with E-state index in [0.717, 1.165) is 30.3 Å². The number of para-hydroxylation sites is 2. The number of fused-ring (bicyclic) bond motifs is 1. The number of anilines is 1. The Morgan fingerprint density at radius 1 is 1.26 bits per heavy atom. The average Bonchev–Trinajstić information content (AvgIpc) is 2.60. The highest BCUT2D eigenvalue weighted by Crippen LogP contribution is 2.26. The molecule has 1 aromatic heterocycles. The molecule has 1 unspecified atom stereocenters. The monoisotopic (exact) mass is 390 g/mol. The number of ether oxygens (including phenoxy) is 1. The molecule has 0 saturated carbocycles. The average molecular weight is 391 g/mol. The van der Waals surface area contributed by atoms with Gasteiger partial charge in [0.05, 0.1) is 17.1 Å². The molecule has 1 fully saturated rings. The number of likely N-dealkylation sites (tertiary alicyclic amines) is 1. The predicted molar refractivity (Wildman–Crippen MR) is 108 cm³/mol. The minimum absolute atomic E-state index is 0.0583. The van der Waals surface area contributed by atoms with Gasteiger partial charge in [0, 0.05) is 20.1 Å². The zero-order chi connectivity index (χ0) is 19.6. The Morgan fingerprint density at radius 3 is 2.59 bits per heavy atom. The summed E-state index contributed by atoms with van der Waals surface area (Å²) in [5.41, 5.74) is 1.07. The fourth-order valence-corrected chi connectivity index (χ4v) is 3.64. The van der Waals surface area contributed by atoms with Gasteiger partial charge < -0.3 is 14.5 Å². The van der Waals surface area contributed by atoms with Crippen LogP contribution in [0.4, 0.5) is 10.6 Å². The van der Waals surface area contributed by atoms with Crippen molar-refractivity contribution in [3.8, 4) is 0 Å². The molecule has 0 spiro atoms. The third-order valence-corrected chi connectivity index (χ3v) is 4.87. The third-order valence-electron chi connectivity index (χ3n) is 4.61. The van der Waals surface area contributed by atoms with Gasteiger partial charge in [-0.05, 0) is 52.2 Å². The summed E-state index contributed by atoms with van der Waals surface area (Å²) in [4.78, 5) is 25.6. The van der Waals surface area contributed by atoms with Gasteiger partial charge in [0.25, 0.3) is 0 Å². The first-order chi connectivity index (χ1) is 12.7. The highest BCUT2D eigenvalue weighted by Gasteiger charge is 2.31. The molecule has 0 aliphatic carbocycles. The second-order valence-electron chi connectivity index (χ2n) is 8.03. The summed E-state index contributed by atoms with van der Waals surface area (Å²) >= 11 is 6.38. The van der Waals surface area contributed by atoms with Crippen LogP contribution >= 0.6 is 11.6 Å². The van der Waals surface area contributed by atoms with Crippen molar-refractivity contribution in [2.45, 2.75) is 51.7 Å². The summed E-state index contributed by atoms with van der Waals surface area (Å²) in [5, 5.41) is 0.371. The van der Waals surface area contributed by atoms with Crippen molar-refractivity contribution in [3.63, 3.8) is 0 Å². The van der Waals surface area contributed by atoms with Crippen LogP contribution in [0, 0.1) is 0 Å². The summed E-state index contributed by atoms with van der Waals surface area (Å²) in [5.74, 6) is 0.630. The van der Waals surface area contributed by atoms with E-state index in [4.69, 9.17) is 16.3 Å². The first kappa shape index (κ1) is 19.7. The maximum Gasteiger partial charge on any atom is 0.410 e. The zero-order valence-corrected chi connectivity index (χ0v) is 17.2. The number of carbonyl (C=O) groups excluding carboxylic acids is 1. The predicted octanol–water partition coefficient (Wildman–Crippen LogP) is 4.51. The van der Waals surface area contributed by atoms with Crippen molar-refractivity contribution in [2.24, 2.45) is 0 Å². The normalized spacial score (nSPS) is 17.8. The Labute approximate surface area is 165 Å². The molecule has 1 amide bonds. The van der Waals surface area contributed by atoms with Gasteiger partial charge in [-0.15, -0.1) is 0 Å². The van der Waals surface area contributed by atoms with E-state index in [1.807, 2.05) is 61.9 Å². The number of carbonyl (C=O) groups is 1. The fourth-order valence-electron chi connectivity index (χ4n) is 3.37. The van der Waals surface area contributed by atoms with Crippen LogP contribution in [0.5, 0.6) is 0 Å². The van der Waals surface area contributed by atoms with Gasteiger partial charge >= 0.3 is 6.09 Å². The summed E-state index contributed by atoms with van der Waals surface area (Å²) in [6, 6.07) is 7.72. The number of halogens is 1. The first-order valence-corrected chi connectivity index (χ1v) is 9.75. The molecule has 1 aliphatic rings. The van der Waals surface area contributed by atoms with Gasteiger partial charge in [-0.2, -0.15) is 0 Å². The Morgan fingerprint density at radius 2 is 1.93 bits per heavy atom. The fraction of sp³-hybridized carbons (Fsp3) is 0.550. The van der Waals surface area contributed by atoms with E-state index in [-0.39, 0.29) is 12.1 Å². The van der Waals surface area contributed by atoms with Gasteiger partial charge in [0.1, 0.15) is 5.60 Å². The second-order valence-corrected chi connectivity index (χ2v) is 8.39. The third kappa shape index (κ3) is 4.80. The van der Waals surface area contributed by atoms with Crippen molar-refractivity contribution in [2.75, 3.05) is 25.0 Å². The lowest BCUT2D eigenvalue weighted by molar-refractivity contribution is 0.0108. The van der Waals surface area contributed by atoms with Crippen molar-refractivity contribution in [1.82, 2.24) is 14.9 Å². The lowest BCUT2D eigenvalue weighted by Gasteiger charge is -2.38. The Bertz CT molecular complexity index is 821. The molecular weight excluding hydrogens is 364 g/mol. The van der Waals surface area contributed by atoms with Gasteiger partial charge in [0.2, 0.25) is 0 Å². The maximum absolute atomic E-state index is 12.6. The van der Waals surface area contributed by atoms with Crippen LogP contribution in [0.1, 0.15) is 40.0 Å². The van der Waals surface area contributed by atoms with Gasteiger partial charge in [-0.3, -0.25) is 0 Å². The van der Waals surface area contributed by atoms with Crippen molar-refractivity contribution in [1.29, 1.82) is 0 Å². The molecular formula is C20H27ClN4O2. The number of benzene rings is 1. The van der Waals surface area contributed by atoms with Crippen LogP contribution in [-0.2, 0) is 4.74 Å². The molecule has 1 aromatic carbocycles. The summed E-state index contributed by atoms with van der Waals surface area (Å²) in [6.07, 6.45) is 2.77. The van der Waals surface area contributed by atoms with Crippen LogP contribution in [0.25, 0.3) is 11.0 Å². The van der Waals surface area contributed by atoms with Crippen molar-refractivity contribution < 1.29 is 9.53 Å². The Balaban J connectivity index is 1.78. The lowest BCUT2D eigenvalue weighted by Crippen LogP contribution is -2.50. The van der Waals surface area contributed by atoms with Crippen LogP contribution in [0.3, 0.4) is 0 Å². The van der Waals surface area contributed by atoms with E-state index in [2.05, 4.69) is 9.97 Å². The van der Waals surface area contributed by atoms with E-state index in [9.17, 15) is 4.79 Å². The largest absolute Gasteiger partial charge is 0.444 e. The second kappa shape index (κ2) is 7.89. The molecule has 0 radical (unpaired) electrons. The SMILES string of the molecule is CN(CC1CCCCN1C(=O)OC(C)(C)C)c1nc2ccccc2nc1Cl. The Hall–Kier alpha value is -2.08. The number of aromatic nitrogens is 2. The van der Waals surface area contributed by atoms with Crippen LogP contribution in [0.2, 0.25) is 5.15 Å². The molecule has 27 heavy (non-hydrogen) atoms. The molecule has 1 atom stereocenters. The molecule has 3 rings (SSSR count). The first-order valence-electron chi connectivity index (χ1n) is 9.37. The topological polar surface area (TPSA) is 58.6 Å². The Kier molecular flexibility index (Phi) is 5.75. The number of hydrogen-bond donors (Lipinski definition) is 0. The summed E-state index contributed by atoms with van der Waals surface area (Å²) in [6.45, 7) is 7.01. The van der Waals surface area contributed by atoms with Crippen LogP contribution in [0.15, 0.2) is 24.3 Å². The molecule has 2 heterocycles. The molecule has 1 saturated heterocycles. The molecule has 6 nitrogen and oxygen atoms in total. The highest BCUT2D eigenvalue weighted by molar-refractivity contribution is 6.32. The van der Waals surface area contributed by atoms with Gasteiger partial charge in [-0.25, -0.2) is 14.8 Å². The lowest BCUT2D eigenvalue weighted by atomic mass is 10.0. The van der Waals surface area contributed by atoms with Gasteiger partial charge in [0.15, 0.2) is 11.0 Å². The zero-order valence-electron chi connectivity index (χ0n) is 16.4. The highest BCUT2D eigenvalue weighted by atomic mass is 35.5. The minimum Gasteiger partial charge on any atom is -0.444 e. The number of rotatable bonds is 3. The van der Waals surface area contributed by atoms with E-state index in [1.54, 1.807) is 0 Å².